The highest BCUT2D eigenvalue weighted by atomic mass is 35.5. The van der Waals surface area contributed by atoms with E-state index in [0.717, 1.165) is 31.4 Å². The molecule has 0 saturated heterocycles. The van der Waals surface area contributed by atoms with Crippen LogP contribution in [0, 0.1) is 5.92 Å². The summed E-state index contributed by atoms with van der Waals surface area (Å²) >= 11 is 0. The molecule has 0 aliphatic heterocycles. The lowest BCUT2D eigenvalue weighted by molar-refractivity contribution is -0.121. The van der Waals surface area contributed by atoms with Crippen molar-refractivity contribution in [3.63, 3.8) is 0 Å². The first-order chi connectivity index (χ1) is 13.1. The predicted octanol–water partition coefficient (Wildman–Crippen LogP) is 3.58. The van der Waals surface area contributed by atoms with Crippen molar-refractivity contribution in [2.75, 3.05) is 17.2 Å². The third-order valence-corrected chi connectivity index (χ3v) is 4.61. The highest BCUT2D eigenvalue weighted by Crippen LogP contribution is 2.25. The average Bonchev–Trinajstić information content (AvgIpc) is 2.67. The monoisotopic (exact) mass is 403 g/mol. The van der Waals surface area contributed by atoms with Gasteiger partial charge in [-0.15, -0.1) is 12.4 Å². The summed E-state index contributed by atoms with van der Waals surface area (Å²) in [6, 6.07) is 16.4. The van der Waals surface area contributed by atoms with Crippen LogP contribution in [0.2, 0.25) is 0 Å². The Morgan fingerprint density at radius 1 is 1.00 bits per heavy atom. The van der Waals surface area contributed by atoms with Gasteiger partial charge in [-0.3, -0.25) is 9.59 Å². The van der Waals surface area contributed by atoms with Crippen LogP contribution < -0.4 is 21.1 Å². The Kier molecular flexibility index (Phi) is 8.29. The van der Waals surface area contributed by atoms with E-state index in [-0.39, 0.29) is 42.8 Å². The molecule has 0 spiro atoms. The molecule has 4 N–H and O–H groups in total. The van der Waals surface area contributed by atoms with E-state index >= 15 is 0 Å². The summed E-state index contributed by atoms with van der Waals surface area (Å²) in [5, 5.41) is 5.69. The van der Waals surface area contributed by atoms with Gasteiger partial charge in [0.15, 0.2) is 6.61 Å². The number of hydrogen-bond donors (Lipinski definition) is 3. The summed E-state index contributed by atoms with van der Waals surface area (Å²) in [6.45, 7) is -0.107. The van der Waals surface area contributed by atoms with Gasteiger partial charge in [0, 0.05) is 29.4 Å². The second-order valence-corrected chi connectivity index (χ2v) is 6.84. The lowest BCUT2D eigenvalue weighted by Crippen LogP contribution is -2.34. The van der Waals surface area contributed by atoms with Crippen molar-refractivity contribution in [2.45, 2.75) is 31.7 Å². The maximum absolute atomic E-state index is 12.4. The van der Waals surface area contributed by atoms with Crippen LogP contribution in [0.15, 0.2) is 54.6 Å². The standard InChI is InChI=1S/C21H25N3O3.ClH/c22-16-7-4-6-15(12-16)21(26)24-18-10-5-11-19(13-18)27-14-20(25)23-17-8-2-1-3-9-17;/h1-3,5,8-11,13,15-16H,4,6-7,12,14,22H2,(H,23,25)(H,24,26);1H. The Morgan fingerprint density at radius 2 is 1.75 bits per heavy atom. The number of hydrogen-bond acceptors (Lipinski definition) is 4. The van der Waals surface area contributed by atoms with Crippen LogP contribution in [0.5, 0.6) is 5.75 Å². The minimum Gasteiger partial charge on any atom is -0.484 e. The van der Waals surface area contributed by atoms with Gasteiger partial charge in [-0.2, -0.15) is 0 Å². The van der Waals surface area contributed by atoms with Crippen molar-refractivity contribution in [2.24, 2.45) is 11.7 Å². The topological polar surface area (TPSA) is 93.5 Å². The SMILES string of the molecule is Cl.NC1CCCC(C(=O)Nc2cccc(OCC(=O)Nc3ccccc3)c2)C1. The molecule has 1 saturated carbocycles. The van der Waals surface area contributed by atoms with Crippen LogP contribution in [-0.2, 0) is 9.59 Å². The number of ether oxygens (including phenoxy) is 1. The molecule has 1 fully saturated rings. The van der Waals surface area contributed by atoms with E-state index in [1.54, 1.807) is 24.3 Å². The van der Waals surface area contributed by atoms with Gasteiger partial charge in [0.1, 0.15) is 5.75 Å². The minimum atomic E-state index is -0.244. The van der Waals surface area contributed by atoms with Crippen LogP contribution in [0.4, 0.5) is 11.4 Å². The number of benzene rings is 2. The molecule has 7 heteroatoms. The highest BCUT2D eigenvalue weighted by Gasteiger charge is 2.25. The fourth-order valence-electron chi connectivity index (χ4n) is 3.24. The van der Waals surface area contributed by atoms with Gasteiger partial charge in [0.2, 0.25) is 5.91 Å². The first-order valence-corrected chi connectivity index (χ1v) is 9.24. The average molecular weight is 404 g/mol. The molecule has 2 amide bonds. The Morgan fingerprint density at radius 3 is 2.50 bits per heavy atom. The smallest absolute Gasteiger partial charge is 0.262 e. The number of anilines is 2. The summed E-state index contributed by atoms with van der Waals surface area (Å²) in [5.74, 6) is 0.224. The molecule has 2 atom stereocenters. The molecular formula is C21H26ClN3O3. The fourth-order valence-corrected chi connectivity index (χ4v) is 3.24. The third kappa shape index (κ3) is 6.55. The first kappa shape index (κ1) is 21.7. The Hall–Kier alpha value is -2.57. The summed E-state index contributed by atoms with van der Waals surface area (Å²) in [6.07, 6.45) is 3.56. The van der Waals surface area contributed by atoms with Crippen LogP contribution >= 0.6 is 12.4 Å². The quantitative estimate of drug-likeness (QED) is 0.687. The fraction of sp³-hybridized carbons (Fsp3) is 0.333. The van der Waals surface area contributed by atoms with Crippen molar-refractivity contribution in [3.8, 4) is 5.75 Å². The molecule has 3 rings (SSSR count). The largest absolute Gasteiger partial charge is 0.484 e. The van der Waals surface area contributed by atoms with Crippen molar-refractivity contribution in [1.29, 1.82) is 0 Å². The van der Waals surface area contributed by atoms with Crippen molar-refractivity contribution in [1.82, 2.24) is 0 Å². The second-order valence-electron chi connectivity index (χ2n) is 6.84. The number of para-hydroxylation sites is 1. The van der Waals surface area contributed by atoms with E-state index in [2.05, 4.69) is 10.6 Å². The zero-order chi connectivity index (χ0) is 19.1. The van der Waals surface area contributed by atoms with E-state index in [0.29, 0.717) is 11.4 Å². The van der Waals surface area contributed by atoms with Crippen LogP contribution in [0.1, 0.15) is 25.7 Å². The lowest BCUT2D eigenvalue weighted by atomic mass is 9.85. The van der Waals surface area contributed by atoms with Crippen molar-refractivity contribution < 1.29 is 14.3 Å². The van der Waals surface area contributed by atoms with E-state index in [1.807, 2.05) is 30.3 Å². The first-order valence-electron chi connectivity index (χ1n) is 9.24. The number of nitrogens with two attached hydrogens (primary N) is 1. The molecule has 2 aromatic rings. The molecule has 0 bridgehead atoms. The van der Waals surface area contributed by atoms with Gasteiger partial charge >= 0.3 is 0 Å². The van der Waals surface area contributed by atoms with Gasteiger partial charge in [-0.1, -0.05) is 30.7 Å². The maximum atomic E-state index is 12.4. The van der Waals surface area contributed by atoms with Gasteiger partial charge in [-0.25, -0.2) is 0 Å². The number of carbonyl (C=O) groups is 2. The summed E-state index contributed by atoms with van der Waals surface area (Å²) in [5.41, 5.74) is 7.34. The molecule has 2 aromatic carbocycles. The third-order valence-electron chi connectivity index (χ3n) is 4.61. The van der Waals surface area contributed by atoms with Crippen LogP contribution in [0.25, 0.3) is 0 Å². The van der Waals surface area contributed by atoms with E-state index in [4.69, 9.17) is 10.5 Å². The molecule has 0 radical (unpaired) electrons. The number of halogens is 1. The number of amides is 2. The molecule has 2 unspecified atom stereocenters. The second kappa shape index (κ2) is 10.7. The molecule has 0 heterocycles. The van der Waals surface area contributed by atoms with Crippen molar-refractivity contribution in [3.05, 3.63) is 54.6 Å². The van der Waals surface area contributed by atoms with E-state index < -0.39 is 0 Å². The normalized spacial score (nSPS) is 18.5. The zero-order valence-electron chi connectivity index (χ0n) is 15.6. The van der Waals surface area contributed by atoms with Crippen LogP contribution in [0.3, 0.4) is 0 Å². The summed E-state index contributed by atoms with van der Waals surface area (Å²) in [7, 11) is 0. The Balaban J connectivity index is 0.00000280. The van der Waals surface area contributed by atoms with E-state index in [1.165, 1.54) is 0 Å². The van der Waals surface area contributed by atoms with Crippen molar-refractivity contribution >= 4 is 35.6 Å². The molecule has 28 heavy (non-hydrogen) atoms. The number of nitrogens with one attached hydrogen (secondary N) is 2. The molecule has 1 aliphatic rings. The highest BCUT2D eigenvalue weighted by molar-refractivity contribution is 5.93. The summed E-state index contributed by atoms with van der Waals surface area (Å²) < 4.78 is 5.54. The molecule has 0 aromatic heterocycles. The molecule has 6 nitrogen and oxygen atoms in total. The minimum absolute atomic E-state index is 0. The molecule has 150 valence electrons. The summed E-state index contributed by atoms with van der Waals surface area (Å²) in [4.78, 5) is 24.4. The van der Waals surface area contributed by atoms with Gasteiger partial charge in [0.25, 0.3) is 5.91 Å². The number of rotatable bonds is 6. The molecular weight excluding hydrogens is 378 g/mol. The maximum Gasteiger partial charge on any atom is 0.262 e. The van der Waals surface area contributed by atoms with E-state index in [9.17, 15) is 9.59 Å². The molecule has 1 aliphatic carbocycles. The Labute approximate surface area is 171 Å². The zero-order valence-corrected chi connectivity index (χ0v) is 16.4. The van der Waals surface area contributed by atoms with Gasteiger partial charge in [0.05, 0.1) is 0 Å². The predicted molar refractivity (Wildman–Crippen MR) is 113 cm³/mol. The van der Waals surface area contributed by atoms with Gasteiger partial charge in [-0.05, 0) is 43.5 Å². The Bertz CT molecular complexity index is 785. The lowest BCUT2D eigenvalue weighted by Gasteiger charge is -2.25. The van der Waals surface area contributed by atoms with Gasteiger partial charge < -0.3 is 21.1 Å². The number of carbonyl (C=O) groups excluding carboxylic acids is 2. The van der Waals surface area contributed by atoms with Crippen LogP contribution in [-0.4, -0.2) is 24.5 Å².